The summed E-state index contributed by atoms with van der Waals surface area (Å²) >= 11 is 0. The van der Waals surface area contributed by atoms with E-state index in [0.29, 0.717) is 19.6 Å². The summed E-state index contributed by atoms with van der Waals surface area (Å²) in [6.45, 7) is 3.73. The fourth-order valence-electron chi connectivity index (χ4n) is 2.12. The number of fused-ring (bicyclic) bond motifs is 1. The van der Waals surface area contributed by atoms with Gasteiger partial charge in [-0.25, -0.2) is 13.1 Å². The Morgan fingerprint density at radius 3 is 2.95 bits per heavy atom. The van der Waals surface area contributed by atoms with Crippen LogP contribution in [0.2, 0.25) is 0 Å². The molecule has 0 bridgehead atoms. The largest absolute Gasteiger partial charge is 0.493 e. The number of rotatable bonds is 6. The quantitative estimate of drug-likeness (QED) is 0.766. The molecule has 0 radical (unpaired) electrons. The van der Waals surface area contributed by atoms with Crippen molar-refractivity contribution in [1.82, 2.24) is 10.0 Å². The van der Waals surface area contributed by atoms with Crippen LogP contribution in [0.4, 0.5) is 0 Å². The Hall–Kier alpha value is -1.11. The molecule has 1 unspecified atom stereocenters. The van der Waals surface area contributed by atoms with Gasteiger partial charge in [0.25, 0.3) is 0 Å². The van der Waals surface area contributed by atoms with E-state index in [0.717, 1.165) is 17.9 Å². The third-order valence-corrected chi connectivity index (χ3v) is 4.46. The zero-order valence-corrected chi connectivity index (χ0v) is 11.9. The van der Waals surface area contributed by atoms with Gasteiger partial charge in [0.15, 0.2) is 0 Å². The predicted molar refractivity (Wildman–Crippen MR) is 74.8 cm³/mol. The Morgan fingerprint density at radius 2 is 2.16 bits per heavy atom. The average Bonchev–Trinajstić information content (AvgIpc) is 2.39. The fraction of sp³-hybridized carbons (Fsp3) is 0.538. The molecule has 0 spiro atoms. The average molecular weight is 284 g/mol. The minimum atomic E-state index is -3.26. The predicted octanol–water partition coefficient (Wildman–Crippen LogP) is 1.04. The highest BCUT2D eigenvalue weighted by molar-refractivity contribution is 7.89. The molecule has 2 N–H and O–H groups in total. The molecule has 0 saturated carbocycles. The van der Waals surface area contributed by atoms with Gasteiger partial charge in [0.05, 0.1) is 18.4 Å². The van der Waals surface area contributed by atoms with Crippen LogP contribution in [-0.2, 0) is 10.0 Å². The molecule has 0 amide bonds. The number of hydrogen-bond acceptors (Lipinski definition) is 4. The molecule has 1 aromatic rings. The molecule has 0 saturated heterocycles. The van der Waals surface area contributed by atoms with Crippen molar-refractivity contribution in [3.8, 4) is 5.75 Å². The van der Waals surface area contributed by atoms with Gasteiger partial charge >= 0.3 is 0 Å². The first kappa shape index (κ1) is 14.3. The molecule has 0 aromatic heterocycles. The third-order valence-electron chi connectivity index (χ3n) is 3.08. The highest BCUT2D eigenvalue weighted by atomic mass is 32.2. The summed E-state index contributed by atoms with van der Waals surface area (Å²) in [6.07, 6.45) is 0.664. The molecule has 1 atom stereocenters. The number of ether oxygens (including phenoxy) is 1. The lowest BCUT2D eigenvalue weighted by Gasteiger charge is -2.26. The minimum absolute atomic E-state index is 0.0976. The second-order valence-electron chi connectivity index (χ2n) is 4.52. The van der Waals surface area contributed by atoms with Crippen molar-refractivity contribution in [1.29, 1.82) is 0 Å². The molecule has 1 aromatic carbocycles. The lowest BCUT2D eigenvalue weighted by atomic mass is 10.0. The lowest BCUT2D eigenvalue weighted by Crippen LogP contribution is -2.36. The zero-order valence-electron chi connectivity index (χ0n) is 11.1. The molecule has 1 heterocycles. The van der Waals surface area contributed by atoms with Crippen LogP contribution in [0.25, 0.3) is 0 Å². The van der Waals surface area contributed by atoms with E-state index in [2.05, 4.69) is 10.0 Å². The van der Waals surface area contributed by atoms with Gasteiger partial charge in [-0.2, -0.15) is 0 Å². The first-order valence-electron chi connectivity index (χ1n) is 6.55. The number of nitrogens with one attached hydrogen (secondary N) is 2. The van der Waals surface area contributed by atoms with Crippen LogP contribution in [0.15, 0.2) is 24.3 Å². The maximum Gasteiger partial charge on any atom is 0.213 e. The monoisotopic (exact) mass is 284 g/mol. The molecule has 19 heavy (non-hydrogen) atoms. The van der Waals surface area contributed by atoms with Gasteiger partial charge < -0.3 is 10.1 Å². The molecule has 0 aliphatic carbocycles. The summed E-state index contributed by atoms with van der Waals surface area (Å²) in [5.74, 6) is 0.869. The van der Waals surface area contributed by atoms with Gasteiger partial charge in [0, 0.05) is 18.5 Å². The van der Waals surface area contributed by atoms with Gasteiger partial charge in [0.1, 0.15) is 5.75 Å². The second kappa shape index (κ2) is 6.36. The summed E-state index contributed by atoms with van der Waals surface area (Å²) in [6, 6.07) is 7.38. The smallest absolute Gasteiger partial charge is 0.213 e. The van der Waals surface area contributed by atoms with Crippen LogP contribution in [0.5, 0.6) is 5.75 Å². The van der Waals surface area contributed by atoms with E-state index in [1.165, 1.54) is 0 Å². The van der Waals surface area contributed by atoms with Crippen molar-refractivity contribution in [2.24, 2.45) is 0 Å². The van der Waals surface area contributed by atoms with Gasteiger partial charge in [-0.15, -0.1) is 0 Å². The molecule has 6 heteroatoms. The third kappa shape index (κ3) is 3.92. The maximum atomic E-state index is 12.0. The van der Waals surface area contributed by atoms with Crippen LogP contribution >= 0.6 is 0 Å². The number of para-hydroxylation sites is 1. The van der Waals surface area contributed by atoms with Gasteiger partial charge in [-0.3, -0.25) is 0 Å². The van der Waals surface area contributed by atoms with Gasteiger partial charge in [-0.05, 0) is 12.6 Å². The first-order valence-corrected chi connectivity index (χ1v) is 8.20. The molecular formula is C13H20N2O3S. The number of benzene rings is 1. The molecule has 106 valence electrons. The van der Waals surface area contributed by atoms with Crippen molar-refractivity contribution >= 4 is 10.0 Å². The SMILES string of the molecule is CCNCCS(=O)(=O)NC1CCOc2ccccc21. The number of hydrogen-bond donors (Lipinski definition) is 2. The van der Waals surface area contributed by atoms with Crippen molar-refractivity contribution in [3.05, 3.63) is 29.8 Å². The number of sulfonamides is 1. The van der Waals surface area contributed by atoms with Crippen molar-refractivity contribution in [2.75, 3.05) is 25.4 Å². The molecule has 2 rings (SSSR count). The van der Waals surface area contributed by atoms with Gasteiger partial charge in [0.2, 0.25) is 10.0 Å². The molecule has 0 fully saturated rings. The summed E-state index contributed by atoms with van der Waals surface area (Å²) in [7, 11) is -3.26. The van der Waals surface area contributed by atoms with Crippen molar-refractivity contribution < 1.29 is 13.2 Å². The van der Waals surface area contributed by atoms with E-state index < -0.39 is 10.0 Å². The second-order valence-corrected chi connectivity index (χ2v) is 6.39. The Morgan fingerprint density at radius 1 is 1.37 bits per heavy atom. The van der Waals surface area contributed by atoms with Crippen LogP contribution in [0.3, 0.4) is 0 Å². The Bertz CT molecular complexity index is 516. The molecule has 1 aliphatic rings. The summed E-state index contributed by atoms with van der Waals surface area (Å²) in [4.78, 5) is 0. The fourth-order valence-corrected chi connectivity index (χ4v) is 3.33. The topological polar surface area (TPSA) is 67.4 Å². The van der Waals surface area contributed by atoms with E-state index in [9.17, 15) is 8.42 Å². The van der Waals surface area contributed by atoms with Crippen molar-refractivity contribution in [3.63, 3.8) is 0 Å². The van der Waals surface area contributed by atoms with E-state index in [-0.39, 0.29) is 11.8 Å². The summed E-state index contributed by atoms with van der Waals surface area (Å²) < 4.78 is 32.3. The Labute approximate surface area is 114 Å². The van der Waals surface area contributed by atoms with Crippen LogP contribution < -0.4 is 14.8 Å². The van der Waals surface area contributed by atoms with Crippen LogP contribution in [0, 0.1) is 0 Å². The van der Waals surface area contributed by atoms with E-state index in [1.54, 1.807) is 0 Å². The summed E-state index contributed by atoms with van der Waals surface area (Å²) in [5.41, 5.74) is 0.917. The normalized spacial score (nSPS) is 18.7. The maximum absolute atomic E-state index is 12.0. The van der Waals surface area contributed by atoms with Crippen LogP contribution in [-0.4, -0.2) is 33.9 Å². The summed E-state index contributed by atoms with van der Waals surface area (Å²) in [5, 5.41) is 3.02. The highest BCUT2D eigenvalue weighted by Crippen LogP contribution is 2.31. The molecule has 5 nitrogen and oxygen atoms in total. The molecule has 1 aliphatic heterocycles. The van der Waals surface area contributed by atoms with Crippen LogP contribution in [0.1, 0.15) is 24.9 Å². The van der Waals surface area contributed by atoms with Gasteiger partial charge in [-0.1, -0.05) is 25.1 Å². The zero-order chi connectivity index (χ0) is 13.7. The first-order chi connectivity index (χ1) is 9.12. The highest BCUT2D eigenvalue weighted by Gasteiger charge is 2.25. The standard InChI is InChI=1S/C13H20N2O3S/c1-2-14-8-10-19(16,17)15-12-7-9-18-13-6-4-3-5-11(12)13/h3-6,12,14-15H,2,7-10H2,1H3. The minimum Gasteiger partial charge on any atom is -0.493 e. The van der Waals surface area contributed by atoms with E-state index in [1.807, 2.05) is 31.2 Å². The lowest BCUT2D eigenvalue weighted by molar-refractivity contribution is 0.263. The van der Waals surface area contributed by atoms with Crippen molar-refractivity contribution in [2.45, 2.75) is 19.4 Å². The van der Waals surface area contributed by atoms with E-state index in [4.69, 9.17) is 4.74 Å². The molecular weight excluding hydrogens is 264 g/mol. The Balaban J connectivity index is 2.04. The Kier molecular flexibility index (Phi) is 4.79. The van der Waals surface area contributed by atoms with E-state index >= 15 is 0 Å².